The Kier molecular flexibility index (Phi) is 2.25. The Morgan fingerprint density at radius 3 is 2.65 bits per heavy atom. The van der Waals surface area contributed by atoms with Crippen LogP contribution in [0.15, 0.2) is 42.5 Å². The Bertz CT molecular complexity index is 574. The van der Waals surface area contributed by atoms with E-state index in [9.17, 15) is 4.79 Å². The van der Waals surface area contributed by atoms with E-state index in [1.807, 2.05) is 31.2 Å². The van der Waals surface area contributed by atoms with E-state index in [-0.39, 0.29) is 18.2 Å². The summed E-state index contributed by atoms with van der Waals surface area (Å²) in [6, 6.07) is 14.2. The molecule has 0 saturated carbocycles. The Hall–Kier alpha value is -2.03. The number of rotatable bonds is 1. The highest BCUT2D eigenvalue weighted by atomic mass is 16.6. The quantitative estimate of drug-likeness (QED) is 0.813. The number of ether oxygens (including phenoxy) is 1. The van der Waals surface area contributed by atoms with Gasteiger partial charge >= 0.3 is 6.09 Å². The van der Waals surface area contributed by atoms with E-state index in [0.29, 0.717) is 0 Å². The molecule has 3 heteroatoms. The summed E-state index contributed by atoms with van der Waals surface area (Å²) in [7, 11) is 0. The van der Waals surface area contributed by atoms with Crippen molar-refractivity contribution < 1.29 is 9.53 Å². The molecule has 1 N–H and O–H groups in total. The Labute approximate surface area is 99.4 Å². The highest BCUT2D eigenvalue weighted by Gasteiger charge is 2.32. The van der Waals surface area contributed by atoms with Crippen LogP contribution in [0.25, 0.3) is 10.8 Å². The van der Waals surface area contributed by atoms with Gasteiger partial charge in [-0.05, 0) is 23.3 Å². The standard InChI is InChI=1S/C14H13NO2/c1-9-13(15-14(16)17-9)12-8-4-6-10-5-2-3-7-11(10)12/h2-9,13H,1H3,(H,15,16)/t9-,13+/m0/s1. The van der Waals surface area contributed by atoms with Crippen LogP contribution in [0, 0.1) is 0 Å². The van der Waals surface area contributed by atoms with Crippen LogP contribution in [0.5, 0.6) is 0 Å². The average molecular weight is 227 g/mol. The normalized spacial score (nSPS) is 23.5. The maximum Gasteiger partial charge on any atom is 0.408 e. The molecule has 0 aromatic heterocycles. The van der Waals surface area contributed by atoms with Gasteiger partial charge in [-0.1, -0.05) is 42.5 Å². The van der Waals surface area contributed by atoms with Gasteiger partial charge in [-0.3, -0.25) is 0 Å². The van der Waals surface area contributed by atoms with E-state index in [1.54, 1.807) is 0 Å². The number of carbonyl (C=O) groups excluding carboxylic acids is 1. The number of hydrogen-bond donors (Lipinski definition) is 1. The number of benzene rings is 2. The van der Waals surface area contributed by atoms with E-state index in [2.05, 4.69) is 23.5 Å². The Morgan fingerprint density at radius 2 is 1.88 bits per heavy atom. The van der Waals surface area contributed by atoms with E-state index < -0.39 is 0 Å². The smallest absolute Gasteiger partial charge is 0.408 e. The second-order valence-corrected chi connectivity index (χ2v) is 4.30. The van der Waals surface area contributed by atoms with Gasteiger partial charge in [-0.15, -0.1) is 0 Å². The summed E-state index contributed by atoms with van der Waals surface area (Å²) in [4.78, 5) is 11.2. The molecule has 1 aliphatic heterocycles. The van der Waals surface area contributed by atoms with Crippen LogP contribution in [0.4, 0.5) is 4.79 Å². The van der Waals surface area contributed by atoms with E-state index in [4.69, 9.17) is 4.74 Å². The molecule has 2 aromatic rings. The van der Waals surface area contributed by atoms with E-state index in [0.717, 1.165) is 10.9 Å². The minimum atomic E-state index is -0.338. The van der Waals surface area contributed by atoms with Gasteiger partial charge in [-0.2, -0.15) is 0 Å². The van der Waals surface area contributed by atoms with Gasteiger partial charge in [0.25, 0.3) is 0 Å². The van der Waals surface area contributed by atoms with Crippen molar-refractivity contribution in [3.8, 4) is 0 Å². The third kappa shape index (κ3) is 1.64. The largest absolute Gasteiger partial charge is 0.444 e. The van der Waals surface area contributed by atoms with Crippen molar-refractivity contribution in [2.75, 3.05) is 0 Å². The van der Waals surface area contributed by atoms with Gasteiger partial charge in [-0.25, -0.2) is 4.79 Å². The van der Waals surface area contributed by atoms with Gasteiger partial charge in [0.05, 0.1) is 6.04 Å². The summed E-state index contributed by atoms with van der Waals surface area (Å²) in [5.74, 6) is 0. The van der Waals surface area contributed by atoms with Crippen LogP contribution >= 0.6 is 0 Å². The minimum absolute atomic E-state index is 0.0615. The molecule has 1 fully saturated rings. The first kappa shape index (κ1) is 10.1. The topological polar surface area (TPSA) is 38.3 Å². The number of fused-ring (bicyclic) bond motifs is 1. The molecule has 3 rings (SSSR count). The molecule has 0 unspecified atom stereocenters. The Morgan fingerprint density at radius 1 is 1.12 bits per heavy atom. The molecule has 0 spiro atoms. The van der Waals surface area contributed by atoms with Crippen LogP contribution in [-0.2, 0) is 4.74 Å². The second kappa shape index (κ2) is 3.77. The lowest BCUT2D eigenvalue weighted by molar-refractivity contribution is 0.141. The van der Waals surface area contributed by atoms with Crippen LogP contribution in [-0.4, -0.2) is 12.2 Å². The SMILES string of the molecule is C[C@@H]1OC(=O)N[C@H]1c1cccc2ccccc12. The molecule has 1 heterocycles. The highest BCUT2D eigenvalue weighted by Crippen LogP contribution is 2.30. The molecule has 17 heavy (non-hydrogen) atoms. The van der Waals surface area contributed by atoms with Crippen molar-refractivity contribution in [1.29, 1.82) is 0 Å². The first-order valence-electron chi connectivity index (χ1n) is 5.70. The fourth-order valence-electron chi connectivity index (χ4n) is 2.37. The van der Waals surface area contributed by atoms with Crippen LogP contribution < -0.4 is 5.32 Å². The first-order chi connectivity index (χ1) is 8.25. The van der Waals surface area contributed by atoms with E-state index in [1.165, 1.54) is 5.39 Å². The molecule has 1 aliphatic rings. The molecule has 0 aliphatic carbocycles. The van der Waals surface area contributed by atoms with Crippen LogP contribution in [0.1, 0.15) is 18.5 Å². The third-order valence-corrected chi connectivity index (χ3v) is 3.19. The molecule has 1 saturated heterocycles. The third-order valence-electron chi connectivity index (χ3n) is 3.19. The van der Waals surface area contributed by atoms with Crippen LogP contribution in [0.3, 0.4) is 0 Å². The van der Waals surface area contributed by atoms with Gasteiger partial charge in [0.15, 0.2) is 0 Å². The fourth-order valence-corrected chi connectivity index (χ4v) is 2.37. The van der Waals surface area contributed by atoms with Crippen molar-refractivity contribution in [2.24, 2.45) is 0 Å². The van der Waals surface area contributed by atoms with Crippen molar-refractivity contribution in [1.82, 2.24) is 5.32 Å². The lowest BCUT2D eigenvalue weighted by Gasteiger charge is -2.15. The van der Waals surface area contributed by atoms with Gasteiger partial charge in [0.2, 0.25) is 0 Å². The summed E-state index contributed by atoms with van der Waals surface area (Å²) in [5.41, 5.74) is 1.11. The zero-order chi connectivity index (χ0) is 11.8. The number of cyclic esters (lactones) is 1. The Balaban J connectivity index is 2.14. The summed E-state index contributed by atoms with van der Waals surface area (Å²) < 4.78 is 5.13. The molecular formula is C14H13NO2. The molecular weight excluding hydrogens is 214 g/mol. The predicted octanol–water partition coefficient (Wildman–Crippen LogP) is 3.01. The average Bonchev–Trinajstić information content (AvgIpc) is 2.68. The van der Waals surface area contributed by atoms with Crippen LogP contribution in [0.2, 0.25) is 0 Å². The fraction of sp³-hybridized carbons (Fsp3) is 0.214. The zero-order valence-corrected chi connectivity index (χ0v) is 9.51. The predicted molar refractivity (Wildman–Crippen MR) is 65.8 cm³/mol. The summed E-state index contributed by atoms with van der Waals surface area (Å²) in [5, 5.41) is 5.19. The number of hydrogen-bond acceptors (Lipinski definition) is 2. The number of amides is 1. The highest BCUT2D eigenvalue weighted by molar-refractivity contribution is 5.87. The van der Waals surface area contributed by atoms with Crippen molar-refractivity contribution in [3.63, 3.8) is 0 Å². The maximum atomic E-state index is 11.2. The molecule has 86 valence electrons. The summed E-state index contributed by atoms with van der Waals surface area (Å²) in [6.45, 7) is 1.91. The first-order valence-corrected chi connectivity index (χ1v) is 5.70. The second-order valence-electron chi connectivity index (χ2n) is 4.30. The van der Waals surface area contributed by atoms with E-state index >= 15 is 0 Å². The molecule has 3 nitrogen and oxygen atoms in total. The lowest BCUT2D eigenvalue weighted by atomic mass is 9.96. The molecule has 1 amide bonds. The number of nitrogens with one attached hydrogen (secondary N) is 1. The van der Waals surface area contributed by atoms with Gasteiger partial charge < -0.3 is 10.1 Å². The number of carbonyl (C=O) groups is 1. The number of alkyl carbamates (subject to hydrolysis) is 1. The molecule has 2 atom stereocenters. The molecule has 0 bridgehead atoms. The van der Waals surface area contributed by atoms with Gasteiger partial charge in [0.1, 0.15) is 6.10 Å². The monoisotopic (exact) mass is 227 g/mol. The minimum Gasteiger partial charge on any atom is -0.444 e. The van der Waals surface area contributed by atoms with Crippen molar-refractivity contribution >= 4 is 16.9 Å². The summed E-state index contributed by atoms with van der Waals surface area (Å²) >= 11 is 0. The van der Waals surface area contributed by atoms with Crippen molar-refractivity contribution in [3.05, 3.63) is 48.0 Å². The van der Waals surface area contributed by atoms with Crippen molar-refractivity contribution in [2.45, 2.75) is 19.1 Å². The summed E-state index contributed by atoms with van der Waals surface area (Å²) in [6.07, 6.45) is -0.469. The maximum absolute atomic E-state index is 11.2. The molecule has 2 aromatic carbocycles. The zero-order valence-electron chi connectivity index (χ0n) is 9.51. The lowest BCUT2D eigenvalue weighted by Crippen LogP contribution is -2.21. The van der Waals surface area contributed by atoms with Gasteiger partial charge in [0, 0.05) is 0 Å². The molecule has 0 radical (unpaired) electrons.